The molecule has 1 aromatic carbocycles. The Hall–Kier alpha value is -2.57. The number of imidazole rings is 1. The van der Waals surface area contributed by atoms with Gasteiger partial charge in [0.2, 0.25) is 0 Å². The minimum atomic E-state index is -1.03. The van der Waals surface area contributed by atoms with Crippen molar-refractivity contribution in [2.24, 2.45) is 7.05 Å². The summed E-state index contributed by atoms with van der Waals surface area (Å²) in [6, 6.07) is 1.84. The smallest absolute Gasteiger partial charge is 0.278 e. The lowest BCUT2D eigenvalue weighted by molar-refractivity contribution is 0.510. The molecule has 0 unspecified atom stereocenters. The molecule has 96 valence electrons. The van der Waals surface area contributed by atoms with E-state index in [0.29, 0.717) is 5.82 Å². The van der Waals surface area contributed by atoms with Crippen molar-refractivity contribution in [3.8, 4) is 11.5 Å². The van der Waals surface area contributed by atoms with Crippen LogP contribution in [0.2, 0.25) is 0 Å². The lowest BCUT2D eigenvalue weighted by Crippen LogP contribution is -2.14. The van der Waals surface area contributed by atoms with Gasteiger partial charge < -0.3 is 9.55 Å². The van der Waals surface area contributed by atoms with Crippen LogP contribution >= 0.6 is 0 Å². The summed E-state index contributed by atoms with van der Waals surface area (Å²) in [4.78, 5) is 22.4. The van der Waals surface area contributed by atoms with Crippen molar-refractivity contribution in [1.82, 2.24) is 19.5 Å². The summed E-state index contributed by atoms with van der Waals surface area (Å²) < 4.78 is 27.9. The molecule has 2 aromatic heterocycles. The first kappa shape index (κ1) is 11.5. The van der Waals surface area contributed by atoms with Crippen LogP contribution in [-0.4, -0.2) is 19.5 Å². The van der Waals surface area contributed by atoms with Crippen molar-refractivity contribution in [2.45, 2.75) is 0 Å². The van der Waals surface area contributed by atoms with Gasteiger partial charge in [-0.3, -0.25) is 4.79 Å². The van der Waals surface area contributed by atoms with Crippen LogP contribution in [-0.2, 0) is 7.05 Å². The molecule has 0 amide bonds. The molecule has 5 nitrogen and oxygen atoms in total. The zero-order valence-electron chi connectivity index (χ0n) is 9.82. The van der Waals surface area contributed by atoms with Crippen LogP contribution in [0.25, 0.3) is 22.6 Å². The molecule has 0 fully saturated rings. The predicted octanol–water partition coefficient (Wildman–Crippen LogP) is 1.60. The third-order valence-electron chi connectivity index (χ3n) is 2.77. The largest absolute Gasteiger partial charge is 0.333 e. The molecule has 0 radical (unpaired) electrons. The van der Waals surface area contributed by atoms with Gasteiger partial charge in [0, 0.05) is 31.6 Å². The Morgan fingerprint density at radius 3 is 2.68 bits per heavy atom. The van der Waals surface area contributed by atoms with Crippen LogP contribution in [0.1, 0.15) is 0 Å². The van der Waals surface area contributed by atoms with Gasteiger partial charge in [-0.15, -0.1) is 0 Å². The number of nitrogens with one attached hydrogen (secondary N) is 1. The molecule has 0 atom stereocenters. The molecule has 1 N–H and O–H groups in total. The Kier molecular flexibility index (Phi) is 2.41. The number of nitrogens with zero attached hydrogens (tertiary/aromatic N) is 3. The van der Waals surface area contributed by atoms with Gasteiger partial charge in [0.25, 0.3) is 5.56 Å². The average Bonchev–Trinajstić information content (AvgIpc) is 2.77. The van der Waals surface area contributed by atoms with Crippen molar-refractivity contribution in [3.05, 3.63) is 46.5 Å². The number of aromatic amines is 1. The van der Waals surface area contributed by atoms with E-state index in [2.05, 4.69) is 15.0 Å². The van der Waals surface area contributed by atoms with Crippen molar-refractivity contribution in [2.75, 3.05) is 0 Å². The van der Waals surface area contributed by atoms with Crippen LogP contribution < -0.4 is 5.56 Å². The monoisotopic (exact) mass is 262 g/mol. The molecule has 7 heteroatoms. The number of fused-ring (bicyclic) bond motifs is 1. The number of aryl methyl sites for hydroxylation is 1. The van der Waals surface area contributed by atoms with E-state index in [1.807, 2.05) is 0 Å². The van der Waals surface area contributed by atoms with Crippen LogP contribution in [0.15, 0.2) is 29.3 Å². The van der Waals surface area contributed by atoms with Gasteiger partial charge >= 0.3 is 0 Å². The van der Waals surface area contributed by atoms with E-state index >= 15 is 0 Å². The number of halogens is 2. The van der Waals surface area contributed by atoms with Crippen molar-refractivity contribution < 1.29 is 8.78 Å². The molecule has 0 spiro atoms. The quantitative estimate of drug-likeness (QED) is 0.724. The highest BCUT2D eigenvalue weighted by molar-refractivity contribution is 5.76. The minimum absolute atomic E-state index is 0.0611. The molecule has 0 bridgehead atoms. The average molecular weight is 262 g/mol. The topological polar surface area (TPSA) is 63.6 Å². The molecular weight excluding hydrogens is 254 g/mol. The van der Waals surface area contributed by atoms with E-state index in [-0.39, 0.29) is 16.7 Å². The van der Waals surface area contributed by atoms with Crippen molar-refractivity contribution >= 4 is 11.0 Å². The predicted molar refractivity (Wildman–Crippen MR) is 64.5 cm³/mol. The Morgan fingerprint density at radius 1 is 1.26 bits per heavy atom. The zero-order chi connectivity index (χ0) is 13.6. The first-order chi connectivity index (χ1) is 9.06. The molecule has 0 aliphatic rings. The lowest BCUT2D eigenvalue weighted by Gasteiger charge is -2.03. The lowest BCUT2D eigenvalue weighted by atomic mass is 10.2. The number of aromatic nitrogens is 4. The summed E-state index contributed by atoms with van der Waals surface area (Å²) in [7, 11) is 1.71. The van der Waals surface area contributed by atoms with E-state index < -0.39 is 17.2 Å². The van der Waals surface area contributed by atoms with Crippen LogP contribution in [0.3, 0.4) is 0 Å². The minimum Gasteiger partial charge on any atom is -0.333 e. The van der Waals surface area contributed by atoms with Crippen LogP contribution in [0.5, 0.6) is 0 Å². The van der Waals surface area contributed by atoms with Gasteiger partial charge in [0.15, 0.2) is 23.2 Å². The van der Waals surface area contributed by atoms with Crippen molar-refractivity contribution in [3.63, 3.8) is 0 Å². The van der Waals surface area contributed by atoms with E-state index in [9.17, 15) is 13.6 Å². The normalized spacial score (nSPS) is 11.1. The number of benzene rings is 1. The van der Waals surface area contributed by atoms with E-state index in [1.165, 1.54) is 6.20 Å². The first-order valence-corrected chi connectivity index (χ1v) is 5.43. The maximum Gasteiger partial charge on any atom is 0.278 e. The highest BCUT2D eigenvalue weighted by Crippen LogP contribution is 2.16. The SMILES string of the molecule is Cn1ccnc1-c1nc2cc(F)c(F)cc2[nH]c1=O. The van der Waals surface area contributed by atoms with Gasteiger partial charge in [-0.2, -0.15) is 0 Å². The Balaban J connectivity index is 2.34. The standard InChI is InChI=1S/C12H8F2N4O/c1-18-3-2-15-11(18)10-12(19)17-9-5-7(14)6(13)4-8(9)16-10/h2-5H,1H3,(H,17,19). The fraction of sp³-hybridized carbons (Fsp3) is 0.0833. The zero-order valence-corrected chi connectivity index (χ0v) is 9.82. The van der Waals surface area contributed by atoms with Crippen LogP contribution in [0.4, 0.5) is 8.78 Å². The number of hydrogen-bond donors (Lipinski definition) is 1. The third-order valence-corrected chi connectivity index (χ3v) is 2.77. The van der Waals surface area contributed by atoms with Gasteiger partial charge in [-0.1, -0.05) is 0 Å². The second-order valence-electron chi connectivity index (χ2n) is 4.06. The fourth-order valence-electron chi connectivity index (χ4n) is 1.83. The molecule has 0 saturated carbocycles. The summed E-state index contributed by atoms with van der Waals surface area (Å²) in [6.45, 7) is 0. The fourth-order valence-corrected chi connectivity index (χ4v) is 1.83. The maximum absolute atomic E-state index is 13.2. The summed E-state index contributed by atoms with van der Waals surface area (Å²) in [6.07, 6.45) is 3.18. The molecular formula is C12H8F2N4O. The highest BCUT2D eigenvalue weighted by atomic mass is 19.2. The van der Waals surface area contributed by atoms with E-state index in [1.54, 1.807) is 17.8 Å². The molecule has 3 rings (SSSR count). The molecule has 0 aliphatic carbocycles. The summed E-state index contributed by atoms with van der Waals surface area (Å²) in [5.41, 5.74) is -0.142. The summed E-state index contributed by atoms with van der Waals surface area (Å²) >= 11 is 0. The van der Waals surface area contributed by atoms with Gasteiger partial charge in [0.1, 0.15) is 0 Å². The molecule has 0 saturated heterocycles. The summed E-state index contributed by atoms with van der Waals surface area (Å²) in [5, 5.41) is 0. The Labute approximate surface area is 105 Å². The number of hydrogen-bond acceptors (Lipinski definition) is 3. The van der Waals surface area contributed by atoms with Gasteiger partial charge in [-0.05, 0) is 0 Å². The molecule has 0 aliphatic heterocycles. The number of H-pyrrole nitrogens is 1. The maximum atomic E-state index is 13.2. The Morgan fingerprint density at radius 2 is 2.00 bits per heavy atom. The van der Waals surface area contributed by atoms with E-state index in [0.717, 1.165) is 12.1 Å². The van der Waals surface area contributed by atoms with E-state index in [4.69, 9.17) is 0 Å². The van der Waals surface area contributed by atoms with Gasteiger partial charge in [-0.25, -0.2) is 18.7 Å². The third kappa shape index (κ3) is 1.79. The van der Waals surface area contributed by atoms with Gasteiger partial charge in [0.05, 0.1) is 11.0 Å². The molecule has 3 aromatic rings. The highest BCUT2D eigenvalue weighted by Gasteiger charge is 2.13. The second kappa shape index (κ2) is 3.98. The first-order valence-electron chi connectivity index (χ1n) is 5.43. The number of rotatable bonds is 1. The molecule has 2 heterocycles. The van der Waals surface area contributed by atoms with Crippen LogP contribution in [0, 0.1) is 11.6 Å². The summed E-state index contributed by atoms with van der Waals surface area (Å²) in [5.74, 6) is -1.69. The molecule has 19 heavy (non-hydrogen) atoms. The Bertz CT molecular complexity index is 837. The van der Waals surface area contributed by atoms with Crippen molar-refractivity contribution in [1.29, 1.82) is 0 Å². The second-order valence-corrected chi connectivity index (χ2v) is 4.06.